The number of carbonyl (C=O) groups is 1. The van der Waals surface area contributed by atoms with Crippen molar-refractivity contribution in [3.05, 3.63) is 0 Å². The summed E-state index contributed by atoms with van der Waals surface area (Å²) in [5, 5.41) is 8.57. The van der Waals surface area contributed by atoms with Crippen molar-refractivity contribution in [1.82, 2.24) is 0 Å². The summed E-state index contributed by atoms with van der Waals surface area (Å²) in [6.45, 7) is 1.99. The van der Waals surface area contributed by atoms with Gasteiger partial charge in [-0.1, -0.05) is 0 Å². The Morgan fingerprint density at radius 3 is 3.07 bits per heavy atom. The van der Waals surface area contributed by atoms with E-state index in [0.717, 1.165) is 18.8 Å². The number of hydrogen-bond acceptors (Lipinski definition) is 5. The summed E-state index contributed by atoms with van der Waals surface area (Å²) < 4.78 is 10.7. The standard InChI is InChI=1S/C9H17NO4S/c10-8(9(11)12)6-15-5-7-1-2-13-3-4-14-7/h7-8H,1-6,10H2,(H,11,12). The molecule has 0 aliphatic carbocycles. The maximum absolute atomic E-state index is 10.4. The van der Waals surface area contributed by atoms with Crippen LogP contribution >= 0.6 is 11.8 Å². The number of ether oxygens (including phenoxy) is 2. The van der Waals surface area contributed by atoms with Crippen LogP contribution in [0.25, 0.3) is 0 Å². The highest BCUT2D eigenvalue weighted by Gasteiger charge is 2.15. The molecule has 1 saturated heterocycles. The average molecular weight is 235 g/mol. The van der Waals surface area contributed by atoms with Gasteiger partial charge in [0, 0.05) is 18.1 Å². The monoisotopic (exact) mass is 235 g/mol. The van der Waals surface area contributed by atoms with E-state index in [1.807, 2.05) is 0 Å². The van der Waals surface area contributed by atoms with Crippen LogP contribution in [0.2, 0.25) is 0 Å². The van der Waals surface area contributed by atoms with E-state index in [2.05, 4.69) is 0 Å². The van der Waals surface area contributed by atoms with Crippen molar-refractivity contribution in [3.63, 3.8) is 0 Å². The van der Waals surface area contributed by atoms with Crippen molar-refractivity contribution in [2.24, 2.45) is 5.73 Å². The average Bonchev–Trinajstić information content (AvgIpc) is 2.46. The van der Waals surface area contributed by atoms with Gasteiger partial charge in [0.1, 0.15) is 6.04 Å². The molecule has 0 aromatic heterocycles. The highest BCUT2D eigenvalue weighted by molar-refractivity contribution is 7.99. The van der Waals surface area contributed by atoms with Crippen LogP contribution in [0.1, 0.15) is 6.42 Å². The largest absolute Gasteiger partial charge is 0.480 e. The summed E-state index contributed by atoms with van der Waals surface area (Å²) in [6, 6.07) is -0.781. The molecule has 0 aromatic carbocycles. The van der Waals surface area contributed by atoms with Gasteiger partial charge in [-0.25, -0.2) is 0 Å². The summed E-state index contributed by atoms with van der Waals surface area (Å²) in [4.78, 5) is 10.4. The van der Waals surface area contributed by atoms with Crippen molar-refractivity contribution in [1.29, 1.82) is 0 Å². The molecule has 2 unspecified atom stereocenters. The fourth-order valence-corrected chi connectivity index (χ4v) is 2.26. The number of aliphatic carboxylic acids is 1. The Balaban J connectivity index is 2.10. The first kappa shape index (κ1) is 12.8. The highest BCUT2D eigenvalue weighted by Crippen LogP contribution is 2.12. The zero-order valence-corrected chi connectivity index (χ0v) is 9.37. The van der Waals surface area contributed by atoms with Gasteiger partial charge >= 0.3 is 5.97 Å². The third-order valence-corrected chi connectivity index (χ3v) is 3.29. The minimum atomic E-state index is -0.951. The smallest absolute Gasteiger partial charge is 0.321 e. The zero-order chi connectivity index (χ0) is 11.1. The molecule has 1 fully saturated rings. The summed E-state index contributed by atoms with van der Waals surface area (Å²) >= 11 is 1.52. The van der Waals surface area contributed by atoms with Crippen molar-refractivity contribution in [2.75, 3.05) is 31.3 Å². The van der Waals surface area contributed by atoms with Crippen molar-refractivity contribution in [2.45, 2.75) is 18.6 Å². The van der Waals surface area contributed by atoms with Crippen LogP contribution < -0.4 is 5.73 Å². The lowest BCUT2D eigenvalue weighted by Crippen LogP contribution is -2.33. The Kier molecular flexibility index (Phi) is 6.00. The molecule has 0 radical (unpaired) electrons. The van der Waals surface area contributed by atoms with Gasteiger partial charge in [0.05, 0.1) is 19.3 Å². The molecule has 6 heteroatoms. The number of hydrogen-bond donors (Lipinski definition) is 2. The zero-order valence-electron chi connectivity index (χ0n) is 8.55. The highest BCUT2D eigenvalue weighted by atomic mass is 32.2. The maximum Gasteiger partial charge on any atom is 0.321 e. The lowest BCUT2D eigenvalue weighted by Gasteiger charge is -2.14. The van der Waals surface area contributed by atoms with Crippen LogP contribution in [-0.4, -0.2) is 54.5 Å². The maximum atomic E-state index is 10.4. The minimum Gasteiger partial charge on any atom is -0.480 e. The predicted octanol–water partition coefficient (Wildman–Crippen LogP) is -0.0630. The normalized spacial score (nSPS) is 24.5. The molecule has 0 amide bonds. The molecule has 0 saturated carbocycles. The third kappa shape index (κ3) is 5.36. The molecule has 2 atom stereocenters. The molecule has 0 spiro atoms. The number of rotatable bonds is 5. The molecule has 1 heterocycles. The topological polar surface area (TPSA) is 81.8 Å². The van der Waals surface area contributed by atoms with E-state index in [4.69, 9.17) is 20.3 Å². The Morgan fingerprint density at radius 1 is 1.53 bits per heavy atom. The van der Waals surface area contributed by atoms with Crippen LogP contribution in [0.3, 0.4) is 0 Å². The van der Waals surface area contributed by atoms with Gasteiger partial charge in [0.25, 0.3) is 0 Å². The van der Waals surface area contributed by atoms with Gasteiger partial charge in [0.2, 0.25) is 0 Å². The Bertz CT molecular complexity index is 195. The Labute approximate surface area is 93.3 Å². The molecular weight excluding hydrogens is 218 g/mol. The van der Waals surface area contributed by atoms with Crippen LogP contribution in [0.15, 0.2) is 0 Å². The lowest BCUT2D eigenvalue weighted by molar-refractivity contribution is -0.137. The van der Waals surface area contributed by atoms with E-state index in [1.54, 1.807) is 0 Å². The second-order valence-electron chi connectivity index (χ2n) is 3.38. The number of carboxylic acid groups (broad SMARTS) is 1. The van der Waals surface area contributed by atoms with Crippen LogP contribution in [0.4, 0.5) is 0 Å². The van der Waals surface area contributed by atoms with Crippen molar-refractivity contribution < 1.29 is 19.4 Å². The Hall–Kier alpha value is -0.300. The first-order valence-electron chi connectivity index (χ1n) is 4.95. The van der Waals surface area contributed by atoms with Gasteiger partial charge in [0.15, 0.2) is 0 Å². The minimum absolute atomic E-state index is 0.165. The second-order valence-corrected chi connectivity index (χ2v) is 4.45. The summed E-state index contributed by atoms with van der Waals surface area (Å²) in [5.74, 6) is 0.257. The molecule has 5 nitrogen and oxygen atoms in total. The van der Waals surface area contributed by atoms with Gasteiger partial charge in [-0.3, -0.25) is 4.79 Å². The fourth-order valence-electron chi connectivity index (χ4n) is 1.20. The van der Waals surface area contributed by atoms with Crippen LogP contribution in [-0.2, 0) is 14.3 Å². The first-order valence-corrected chi connectivity index (χ1v) is 6.11. The van der Waals surface area contributed by atoms with Gasteiger partial charge < -0.3 is 20.3 Å². The fraction of sp³-hybridized carbons (Fsp3) is 0.889. The molecule has 1 rings (SSSR count). The third-order valence-electron chi connectivity index (χ3n) is 2.08. The van der Waals surface area contributed by atoms with E-state index in [9.17, 15) is 4.79 Å². The van der Waals surface area contributed by atoms with E-state index in [1.165, 1.54) is 11.8 Å². The van der Waals surface area contributed by atoms with Crippen LogP contribution in [0, 0.1) is 0 Å². The van der Waals surface area contributed by atoms with Gasteiger partial charge in [-0.15, -0.1) is 0 Å². The van der Waals surface area contributed by atoms with Crippen molar-refractivity contribution >= 4 is 17.7 Å². The molecule has 88 valence electrons. The lowest BCUT2D eigenvalue weighted by atomic mass is 10.3. The van der Waals surface area contributed by atoms with E-state index < -0.39 is 12.0 Å². The summed E-state index contributed by atoms with van der Waals surface area (Å²) in [6.07, 6.45) is 1.04. The SMILES string of the molecule is NC(CSCC1CCOCCO1)C(=O)O. The molecule has 15 heavy (non-hydrogen) atoms. The first-order chi connectivity index (χ1) is 7.20. The molecule has 1 aliphatic rings. The van der Waals surface area contributed by atoms with Crippen molar-refractivity contribution in [3.8, 4) is 0 Å². The molecule has 0 aromatic rings. The van der Waals surface area contributed by atoms with E-state index in [0.29, 0.717) is 19.0 Å². The number of nitrogens with two attached hydrogens (primary N) is 1. The summed E-state index contributed by atoms with van der Waals surface area (Å²) in [7, 11) is 0. The molecule has 0 bridgehead atoms. The quantitative estimate of drug-likeness (QED) is 0.694. The predicted molar refractivity (Wildman–Crippen MR) is 58.1 cm³/mol. The molecule has 3 N–H and O–H groups in total. The summed E-state index contributed by atoms with van der Waals surface area (Å²) in [5.41, 5.74) is 5.38. The van der Waals surface area contributed by atoms with E-state index in [-0.39, 0.29) is 6.10 Å². The van der Waals surface area contributed by atoms with Gasteiger partial charge in [-0.05, 0) is 6.42 Å². The number of thioether (sulfide) groups is 1. The molecular formula is C9H17NO4S. The number of carboxylic acids is 1. The van der Waals surface area contributed by atoms with E-state index >= 15 is 0 Å². The molecule has 1 aliphatic heterocycles. The van der Waals surface area contributed by atoms with Crippen LogP contribution in [0.5, 0.6) is 0 Å². The second kappa shape index (κ2) is 7.05. The van der Waals surface area contributed by atoms with Gasteiger partial charge in [-0.2, -0.15) is 11.8 Å². The Morgan fingerprint density at radius 2 is 2.33 bits per heavy atom.